The van der Waals surface area contributed by atoms with Crippen molar-refractivity contribution in [3.05, 3.63) is 51.3 Å². The molecule has 0 amide bonds. The van der Waals surface area contributed by atoms with Crippen molar-refractivity contribution in [1.82, 2.24) is 9.97 Å². The Bertz CT molecular complexity index is 758. The summed E-state index contributed by atoms with van der Waals surface area (Å²) >= 11 is 10.9. The summed E-state index contributed by atoms with van der Waals surface area (Å²) in [6.07, 6.45) is 0. The minimum absolute atomic E-state index is 0.415. The maximum atomic E-state index is 5.98. The quantitative estimate of drug-likeness (QED) is 0.704. The fourth-order valence-electron chi connectivity index (χ4n) is 1.79. The van der Waals surface area contributed by atoms with Crippen LogP contribution in [-0.2, 0) is 0 Å². The van der Waals surface area contributed by atoms with Crippen molar-refractivity contribution in [3.8, 4) is 22.0 Å². The van der Waals surface area contributed by atoms with E-state index in [2.05, 4.69) is 25.9 Å². The summed E-state index contributed by atoms with van der Waals surface area (Å²) in [6.45, 7) is 0. The SMILES string of the molecule is Nc1nc(-c2cc(Cl)cs2)nc(-c2ccccc2)c1Br. The summed E-state index contributed by atoms with van der Waals surface area (Å²) in [6, 6.07) is 11.7. The van der Waals surface area contributed by atoms with Gasteiger partial charge in [0.25, 0.3) is 0 Å². The van der Waals surface area contributed by atoms with E-state index in [1.807, 2.05) is 41.8 Å². The molecule has 100 valence electrons. The first-order chi connectivity index (χ1) is 9.65. The highest BCUT2D eigenvalue weighted by atomic mass is 79.9. The average molecular weight is 367 g/mol. The third-order valence-corrected chi connectivity index (χ3v) is 4.77. The number of benzene rings is 1. The van der Waals surface area contributed by atoms with Gasteiger partial charge in [0.15, 0.2) is 5.82 Å². The Balaban J connectivity index is 2.18. The summed E-state index contributed by atoms with van der Waals surface area (Å²) in [5.74, 6) is 1.000. The molecule has 0 bridgehead atoms. The number of hydrogen-bond donors (Lipinski definition) is 1. The van der Waals surface area contributed by atoms with Crippen molar-refractivity contribution < 1.29 is 0 Å². The van der Waals surface area contributed by atoms with Crippen LogP contribution in [0.2, 0.25) is 5.02 Å². The van der Waals surface area contributed by atoms with Crippen molar-refractivity contribution in [2.45, 2.75) is 0 Å². The number of hydrogen-bond acceptors (Lipinski definition) is 4. The van der Waals surface area contributed by atoms with Crippen LogP contribution in [0.5, 0.6) is 0 Å². The van der Waals surface area contributed by atoms with E-state index in [0.717, 1.165) is 16.1 Å². The van der Waals surface area contributed by atoms with Crippen LogP contribution >= 0.6 is 38.9 Å². The fraction of sp³-hybridized carbons (Fsp3) is 0. The zero-order valence-electron chi connectivity index (χ0n) is 10.2. The highest BCUT2D eigenvalue weighted by molar-refractivity contribution is 9.10. The first-order valence-corrected chi connectivity index (χ1v) is 7.83. The van der Waals surface area contributed by atoms with E-state index in [0.29, 0.717) is 21.1 Å². The van der Waals surface area contributed by atoms with Crippen LogP contribution in [0.3, 0.4) is 0 Å². The van der Waals surface area contributed by atoms with Gasteiger partial charge in [0.2, 0.25) is 0 Å². The zero-order valence-corrected chi connectivity index (χ0v) is 13.3. The van der Waals surface area contributed by atoms with Crippen LogP contribution in [-0.4, -0.2) is 9.97 Å². The molecule has 20 heavy (non-hydrogen) atoms. The van der Waals surface area contributed by atoms with E-state index in [1.54, 1.807) is 0 Å². The number of nitrogen functional groups attached to an aromatic ring is 1. The van der Waals surface area contributed by atoms with Gasteiger partial charge in [-0.1, -0.05) is 41.9 Å². The average Bonchev–Trinajstić information content (AvgIpc) is 2.89. The number of thiophene rings is 1. The molecular weight excluding hydrogens is 358 g/mol. The van der Waals surface area contributed by atoms with Crippen LogP contribution < -0.4 is 5.73 Å². The Morgan fingerprint density at radius 3 is 2.55 bits per heavy atom. The molecule has 0 unspecified atom stereocenters. The van der Waals surface area contributed by atoms with Crippen molar-refractivity contribution in [3.63, 3.8) is 0 Å². The van der Waals surface area contributed by atoms with Gasteiger partial charge in [0, 0.05) is 10.9 Å². The molecule has 0 aliphatic heterocycles. The lowest BCUT2D eigenvalue weighted by Crippen LogP contribution is -1.99. The summed E-state index contributed by atoms with van der Waals surface area (Å²) in [5, 5.41) is 2.53. The number of nitrogens with two attached hydrogens (primary N) is 1. The van der Waals surface area contributed by atoms with Gasteiger partial charge in [-0.2, -0.15) is 0 Å². The molecule has 0 saturated carbocycles. The highest BCUT2D eigenvalue weighted by Crippen LogP contribution is 2.34. The van der Waals surface area contributed by atoms with E-state index in [-0.39, 0.29) is 0 Å². The van der Waals surface area contributed by atoms with Crippen LogP contribution in [0.1, 0.15) is 0 Å². The first kappa shape index (κ1) is 13.5. The van der Waals surface area contributed by atoms with Crippen molar-refractivity contribution in [1.29, 1.82) is 0 Å². The largest absolute Gasteiger partial charge is 0.383 e. The minimum atomic E-state index is 0.415. The second kappa shape index (κ2) is 5.52. The Morgan fingerprint density at radius 2 is 1.90 bits per heavy atom. The molecule has 0 radical (unpaired) electrons. The van der Waals surface area contributed by atoms with Gasteiger partial charge in [-0.05, 0) is 22.0 Å². The van der Waals surface area contributed by atoms with Crippen molar-refractivity contribution in [2.75, 3.05) is 5.73 Å². The molecule has 0 aliphatic rings. The maximum Gasteiger partial charge on any atom is 0.172 e. The minimum Gasteiger partial charge on any atom is -0.383 e. The number of anilines is 1. The molecule has 0 saturated heterocycles. The van der Waals surface area contributed by atoms with Crippen LogP contribution in [0.15, 0.2) is 46.3 Å². The van der Waals surface area contributed by atoms with Gasteiger partial charge in [-0.3, -0.25) is 0 Å². The lowest BCUT2D eigenvalue weighted by Gasteiger charge is -2.08. The molecule has 0 aliphatic carbocycles. The molecule has 6 heteroatoms. The summed E-state index contributed by atoms with van der Waals surface area (Å²) in [4.78, 5) is 9.81. The molecule has 0 atom stereocenters. The smallest absolute Gasteiger partial charge is 0.172 e. The molecule has 3 rings (SSSR count). The summed E-state index contributed by atoms with van der Waals surface area (Å²) < 4.78 is 0.704. The van der Waals surface area contributed by atoms with Gasteiger partial charge in [-0.25, -0.2) is 9.97 Å². The summed E-state index contributed by atoms with van der Waals surface area (Å²) in [5.41, 5.74) is 7.74. The van der Waals surface area contributed by atoms with E-state index in [1.165, 1.54) is 11.3 Å². The van der Waals surface area contributed by atoms with E-state index in [4.69, 9.17) is 17.3 Å². The molecule has 0 fully saturated rings. The predicted molar refractivity (Wildman–Crippen MR) is 87.9 cm³/mol. The topological polar surface area (TPSA) is 51.8 Å². The molecular formula is C14H9BrClN3S. The third-order valence-electron chi connectivity index (χ3n) is 2.71. The second-order valence-electron chi connectivity index (χ2n) is 4.09. The Hall–Kier alpha value is -1.43. The molecule has 1 aromatic carbocycles. The molecule has 2 N–H and O–H groups in total. The fourth-order valence-corrected chi connectivity index (χ4v) is 3.21. The van der Waals surface area contributed by atoms with E-state index in [9.17, 15) is 0 Å². The van der Waals surface area contributed by atoms with Gasteiger partial charge in [0.05, 0.1) is 20.1 Å². The van der Waals surface area contributed by atoms with E-state index < -0.39 is 0 Å². The van der Waals surface area contributed by atoms with Crippen LogP contribution in [0, 0.1) is 0 Å². The van der Waals surface area contributed by atoms with Crippen molar-refractivity contribution >= 4 is 44.7 Å². The van der Waals surface area contributed by atoms with Gasteiger partial charge in [0.1, 0.15) is 5.82 Å². The number of rotatable bonds is 2. The molecule has 2 aromatic heterocycles. The summed E-state index contributed by atoms with van der Waals surface area (Å²) in [7, 11) is 0. The molecule has 2 heterocycles. The Morgan fingerprint density at radius 1 is 1.15 bits per heavy atom. The standard InChI is InChI=1S/C14H9BrClN3S/c15-11-12(8-4-2-1-3-5-8)18-14(19-13(11)17)10-6-9(16)7-20-10/h1-7H,(H2,17,18,19). The number of halogens is 2. The second-order valence-corrected chi connectivity index (χ2v) is 6.23. The molecule has 3 nitrogen and oxygen atoms in total. The predicted octanol–water partition coefficient (Wildman–Crippen LogP) is 4.87. The zero-order chi connectivity index (χ0) is 14.1. The Kier molecular flexibility index (Phi) is 3.74. The number of nitrogens with zero attached hydrogens (tertiary/aromatic N) is 2. The lowest BCUT2D eigenvalue weighted by molar-refractivity contribution is 1.18. The van der Waals surface area contributed by atoms with Gasteiger partial charge >= 0.3 is 0 Å². The van der Waals surface area contributed by atoms with Gasteiger partial charge in [-0.15, -0.1) is 11.3 Å². The monoisotopic (exact) mass is 365 g/mol. The van der Waals surface area contributed by atoms with E-state index >= 15 is 0 Å². The lowest BCUT2D eigenvalue weighted by atomic mass is 10.1. The molecule has 0 spiro atoms. The normalized spacial score (nSPS) is 10.7. The maximum absolute atomic E-state index is 5.98. The van der Waals surface area contributed by atoms with Crippen molar-refractivity contribution in [2.24, 2.45) is 0 Å². The highest BCUT2D eigenvalue weighted by Gasteiger charge is 2.14. The third kappa shape index (κ3) is 2.57. The Labute approximate surface area is 133 Å². The van der Waals surface area contributed by atoms with Gasteiger partial charge < -0.3 is 5.73 Å². The number of aromatic nitrogens is 2. The van der Waals surface area contributed by atoms with Crippen LogP contribution in [0.4, 0.5) is 5.82 Å². The van der Waals surface area contributed by atoms with Crippen LogP contribution in [0.25, 0.3) is 22.0 Å². The molecule has 3 aromatic rings. The first-order valence-electron chi connectivity index (χ1n) is 5.78.